The maximum Gasteiger partial charge on any atom is 0.162 e. The van der Waals surface area contributed by atoms with Crippen molar-refractivity contribution in [1.29, 1.82) is 0 Å². The van der Waals surface area contributed by atoms with Gasteiger partial charge >= 0.3 is 0 Å². The van der Waals surface area contributed by atoms with Gasteiger partial charge in [-0.05, 0) is 62.2 Å². The van der Waals surface area contributed by atoms with Crippen LogP contribution >= 0.6 is 15.9 Å². The molecule has 0 radical (unpaired) electrons. The Hall–Kier alpha value is -2.38. The predicted octanol–water partition coefficient (Wildman–Crippen LogP) is 5.28. The number of aliphatic imine (C=N–C) groups is 2. The molecule has 31 heavy (non-hydrogen) atoms. The summed E-state index contributed by atoms with van der Waals surface area (Å²) in [7, 11) is 1.67. The molecule has 0 aliphatic carbocycles. The Balaban J connectivity index is 1.36. The van der Waals surface area contributed by atoms with E-state index in [0.717, 1.165) is 52.5 Å². The van der Waals surface area contributed by atoms with Crippen LogP contribution in [0.15, 0.2) is 44.8 Å². The molecule has 0 spiro atoms. The molecule has 0 saturated carbocycles. The van der Waals surface area contributed by atoms with Crippen LogP contribution in [-0.2, 0) is 6.54 Å². The number of amidine groups is 1. The molecule has 0 unspecified atom stereocenters. The first-order valence-corrected chi connectivity index (χ1v) is 11.8. The van der Waals surface area contributed by atoms with Gasteiger partial charge in [-0.3, -0.25) is 0 Å². The highest BCUT2D eigenvalue weighted by molar-refractivity contribution is 9.10. The summed E-state index contributed by atoms with van der Waals surface area (Å²) >= 11 is 3.55. The molecule has 3 aliphatic heterocycles. The number of halogens is 1. The van der Waals surface area contributed by atoms with Gasteiger partial charge in [0.1, 0.15) is 5.84 Å². The number of hydrogen-bond donors (Lipinski definition) is 0. The summed E-state index contributed by atoms with van der Waals surface area (Å²) in [6, 6.07) is 10.2. The molecule has 2 aromatic carbocycles. The molecule has 0 atom stereocenters. The van der Waals surface area contributed by atoms with Crippen LogP contribution in [0.2, 0.25) is 0 Å². The Kier molecular flexibility index (Phi) is 5.96. The van der Waals surface area contributed by atoms with Crippen molar-refractivity contribution in [3.8, 4) is 11.5 Å². The van der Waals surface area contributed by atoms with Crippen LogP contribution in [0, 0.1) is 0 Å². The van der Waals surface area contributed by atoms with Gasteiger partial charge in [0.2, 0.25) is 0 Å². The lowest BCUT2D eigenvalue weighted by atomic mass is 10.0. The van der Waals surface area contributed by atoms with E-state index in [0.29, 0.717) is 12.4 Å². The molecule has 0 N–H and O–H groups in total. The number of likely N-dealkylation sites (tertiary alicyclic amines) is 1. The lowest BCUT2D eigenvalue weighted by molar-refractivity contribution is 0.203. The minimum absolute atomic E-state index is 0.669. The number of methoxy groups -OCH3 is 1. The molecular formula is C24H27BrN4O2. The van der Waals surface area contributed by atoms with E-state index in [4.69, 9.17) is 14.5 Å². The zero-order valence-electron chi connectivity index (χ0n) is 17.8. The molecule has 0 bridgehead atoms. The summed E-state index contributed by atoms with van der Waals surface area (Å²) in [4.78, 5) is 14.2. The minimum Gasteiger partial charge on any atom is -0.493 e. The zero-order valence-corrected chi connectivity index (χ0v) is 19.4. The van der Waals surface area contributed by atoms with E-state index >= 15 is 0 Å². The molecule has 3 aliphatic rings. The average molecular weight is 483 g/mol. The lowest BCUT2D eigenvalue weighted by Gasteiger charge is -2.31. The smallest absolute Gasteiger partial charge is 0.162 e. The van der Waals surface area contributed by atoms with Gasteiger partial charge in [-0.25, -0.2) is 9.98 Å². The van der Waals surface area contributed by atoms with E-state index in [1.54, 1.807) is 7.11 Å². The Morgan fingerprint density at radius 1 is 1.03 bits per heavy atom. The highest BCUT2D eigenvalue weighted by Crippen LogP contribution is 2.40. The second kappa shape index (κ2) is 9.01. The van der Waals surface area contributed by atoms with Crippen LogP contribution in [-0.4, -0.2) is 55.3 Å². The van der Waals surface area contributed by atoms with Gasteiger partial charge in [0.05, 0.1) is 38.0 Å². The van der Waals surface area contributed by atoms with Crippen LogP contribution in [0.3, 0.4) is 0 Å². The van der Waals surface area contributed by atoms with Crippen LogP contribution in [0.4, 0.5) is 11.4 Å². The van der Waals surface area contributed by atoms with E-state index in [1.165, 1.54) is 37.9 Å². The van der Waals surface area contributed by atoms with E-state index in [2.05, 4.69) is 42.9 Å². The topological polar surface area (TPSA) is 49.7 Å². The van der Waals surface area contributed by atoms with Gasteiger partial charge in [0, 0.05) is 22.6 Å². The van der Waals surface area contributed by atoms with Crippen molar-refractivity contribution < 1.29 is 9.47 Å². The van der Waals surface area contributed by atoms with Gasteiger partial charge in [-0.15, -0.1) is 0 Å². The highest BCUT2D eigenvalue weighted by atomic mass is 79.9. The van der Waals surface area contributed by atoms with E-state index in [-0.39, 0.29) is 0 Å². The molecule has 0 amide bonds. The van der Waals surface area contributed by atoms with Gasteiger partial charge in [0.25, 0.3) is 0 Å². The van der Waals surface area contributed by atoms with Crippen molar-refractivity contribution >= 4 is 39.5 Å². The maximum absolute atomic E-state index is 6.17. The third kappa shape index (κ3) is 4.34. The van der Waals surface area contributed by atoms with E-state index in [1.807, 2.05) is 24.5 Å². The summed E-state index contributed by atoms with van der Waals surface area (Å²) in [6.45, 7) is 4.93. The zero-order chi connectivity index (χ0) is 21.2. The van der Waals surface area contributed by atoms with Crippen LogP contribution in [0.1, 0.15) is 36.8 Å². The molecule has 0 aromatic heterocycles. The second-order valence-electron chi connectivity index (χ2n) is 8.21. The van der Waals surface area contributed by atoms with Crippen LogP contribution in [0.25, 0.3) is 0 Å². The number of rotatable bonds is 6. The second-order valence-corrected chi connectivity index (χ2v) is 9.12. The molecule has 1 saturated heterocycles. The molecule has 6 nitrogen and oxygen atoms in total. The first-order valence-electron chi connectivity index (χ1n) is 11.0. The van der Waals surface area contributed by atoms with E-state index < -0.39 is 0 Å². The predicted molar refractivity (Wildman–Crippen MR) is 127 cm³/mol. The summed E-state index contributed by atoms with van der Waals surface area (Å²) in [6.07, 6.45) is 6.86. The quantitative estimate of drug-likeness (QED) is 0.525. The number of benzene rings is 2. The number of nitrogens with zero attached hydrogens (tertiary/aromatic N) is 4. The average Bonchev–Trinajstić information content (AvgIpc) is 2.80. The fraction of sp³-hybridized carbons (Fsp3) is 0.417. The molecule has 1 fully saturated rings. The number of ether oxygens (including phenoxy) is 2. The van der Waals surface area contributed by atoms with Crippen molar-refractivity contribution in [2.75, 3.05) is 33.4 Å². The Morgan fingerprint density at radius 2 is 1.90 bits per heavy atom. The van der Waals surface area contributed by atoms with E-state index in [9.17, 15) is 0 Å². The summed E-state index contributed by atoms with van der Waals surface area (Å²) < 4.78 is 12.8. The normalized spacial score (nSPS) is 17.5. The van der Waals surface area contributed by atoms with Gasteiger partial charge < -0.3 is 19.3 Å². The molecule has 7 heteroatoms. The van der Waals surface area contributed by atoms with Crippen molar-refractivity contribution in [3.05, 3.63) is 45.9 Å². The standard InChI is InChI=1S/C24H27BrN4O2/c1-30-22-14-21-19(13-23(22)31-11-5-10-28-8-3-2-4-9-28)24-27-20-7-6-18(25)12-17(20)15-29(24)16-26-21/h6-7,12-14,16H,2-5,8-11,15H2,1H3. The van der Waals surface area contributed by atoms with Crippen LogP contribution < -0.4 is 9.47 Å². The third-order valence-electron chi connectivity index (χ3n) is 6.06. The fourth-order valence-electron chi connectivity index (χ4n) is 4.43. The largest absolute Gasteiger partial charge is 0.493 e. The Labute approximate surface area is 191 Å². The third-order valence-corrected chi connectivity index (χ3v) is 6.56. The van der Waals surface area contributed by atoms with Gasteiger partial charge in [-0.1, -0.05) is 22.4 Å². The van der Waals surface area contributed by atoms with Crippen LogP contribution in [0.5, 0.6) is 11.5 Å². The van der Waals surface area contributed by atoms with Crippen molar-refractivity contribution in [2.24, 2.45) is 9.98 Å². The van der Waals surface area contributed by atoms with Gasteiger partial charge in [0.15, 0.2) is 11.5 Å². The first kappa shape index (κ1) is 20.5. The summed E-state index contributed by atoms with van der Waals surface area (Å²) in [5, 5.41) is 0. The first-order chi connectivity index (χ1) is 15.2. The molecular weight excluding hydrogens is 456 g/mol. The minimum atomic E-state index is 0.669. The Morgan fingerprint density at radius 3 is 2.74 bits per heavy atom. The SMILES string of the molecule is COc1cc2c(cc1OCCCN1CCCCC1)C1=Nc3ccc(Br)cc3CN1C=N2. The van der Waals surface area contributed by atoms with Gasteiger partial charge in [-0.2, -0.15) is 0 Å². The molecule has 3 heterocycles. The number of fused-ring (bicyclic) bond motifs is 4. The molecule has 2 aromatic rings. The molecule has 162 valence electrons. The summed E-state index contributed by atoms with van der Waals surface area (Å²) in [5.41, 5.74) is 4.00. The molecule has 5 rings (SSSR count). The number of piperidine rings is 1. The van der Waals surface area contributed by atoms with Crippen molar-refractivity contribution in [3.63, 3.8) is 0 Å². The Bertz CT molecular complexity index is 1030. The lowest BCUT2D eigenvalue weighted by Crippen LogP contribution is -2.34. The highest BCUT2D eigenvalue weighted by Gasteiger charge is 2.27. The van der Waals surface area contributed by atoms with Crippen molar-refractivity contribution in [2.45, 2.75) is 32.2 Å². The monoisotopic (exact) mass is 482 g/mol. The number of hydrogen-bond acceptors (Lipinski definition) is 6. The summed E-state index contributed by atoms with van der Waals surface area (Å²) in [5.74, 6) is 2.37. The van der Waals surface area contributed by atoms with Crippen molar-refractivity contribution in [1.82, 2.24) is 9.80 Å². The fourth-order valence-corrected chi connectivity index (χ4v) is 4.84. The maximum atomic E-state index is 6.17.